The Morgan fingerprint density at radius 3 is 3.00 bits per heavy atom. The van der Waals surface area contributed by atoms with Crippen molar-refractivity contribution in [3.8, 4) is 5.75 Å². The molecule has 1 aliphatic rings. The third-order valence-electron chi connectivity index (χ3n) is 3.58. The van der Waals surface area contributed by atoms with Gasteiger partial charge in [0.25, 0.3) is 0 Å². The van der Waals surface area contributed by atoms with E-state index in [-0.39, 0.29) is 11.0 Å². The van der Waals surface area contributed by atoms with E-state index in [1.165, 1.54) is 11.3 Å². The van der Waals surface area contributed by atoms with Gasteiger partial charge in [0.2, 0.25) is 0 Å². The minimum absolute atomic E-state index is 0.00254. The average molecular weight is 313 g/mol. The molecule has 0 aliphatic carbocycles. The molecule has 118 valence electrons. The molecule has 1 fully saturated rings. The van der Waals surface area contributed by atoms with Gasteiger partial charge in [0.1, 0.15) is 18.5 Å². The zero-order valence-corrected chi connectivity index (χ0v) is 13.6. The molecule has 1 aromatic heterocycles. The first-order valence-corrected chi connectivity index (χ1v) is 8.16. The summed E-state index contributed by atoms with van der Waals surface area (Å²) in [6.07, 6.45) is 0.00254. The van der Waals surface area contributed by atoms with Crippen molar-refractivity contribution in [2.45, 2.75) is 32.8 Å². The summed E-state index contributed by atoms with van der Waals surface area (Å²) in [5.74, 6) is -0.165. The molecular formula is C15H23NO4S. The molecule has 1 aliphatic heterocycles. The highest BCUT2D eigenvalue weighted by molar-refractivity contribution is 7.14. The topological polar surface area (TPSA) is 59.0 Å². The van der Waals surface area contributed by atoms with Crippen molar-refractivity contribution in [3.05, 3.63) is 15.8 Å². The standard InChI is InChI=1S/C15H23NO4S/c1-4-16-5-6-19-11(8-16)9-20-12-7-13(10(2)3)21-14(12)15(17)18/h7,10-11H,4-6,8-9H2,1-3H3,(H,17,18). The summed E-state index contributed by atoms with van der Waals surface area (Å²) in [4.78, 5) is 14.9. The fourth-order valence-electron chi connectivity index (χ4n) is 2.28. The number of thiophene rings is 1. The van der Waals surface area contributed by atoms with Gasteiger partial charge in [-0.05, 0) is 18.5 Å². The van der Waals surface area contributed by atoms with Crippen molar-refractivity contribution in [2.75, 3.05) is 32.8 Å². The van der Waals surface area contributed by atoms with Crippen LogP contribution in [0.1, 0.15) is 41.2 Å². The zero-order valence-electron chi connectivity index (χ0n) is 12.8. The van der Waals surface area contributed by atoms with Crippen molar-refractivity contribution in [1.82, 2.24) is 4.90 Å². The number of aromatic carboxylic acids is 1. The summed E-state index contributed by atoms with van der Waals surface area (Å²) < 4.78 is 11.4. The van der Waals surface area contributed by atoms with Crippen LogP contribution in [0.3, 0.4) is 0 Å². The number of morpholine rings is 1. The van der Waals surface area contributed by atoms with Gasteiger partial charge in [-0.15, -0.1) is 11.3 Å². The van der Waals surface area contributed by atoms with Gasteiger partial charge in [-0.2, -0.15) is 0 Å². The van der Waals surface area contributed by atoms with Gasteiger partial charge >= 0.3 is 5.97 Å². The van der Waals surface area contributed by atoms with E-state index in [9.17, 15) is 9.90 Å². The average Bonchev–Trinajstić information content (AvgIpc) is 2.90. The number of hydrogen-bond acceptors (Lipinski definition) is 5. The Kier molecular flexibility index (Phi) is 5.61. The smallest absolute Gasteiger partial charge is 0.349 e. The fraction of sp³-hybridized carbons (Fsp3) is 0.667. The molecular weight excluding hydrogens is 290 g/mol. The first kappa shape index (κ1) is 16.3. The number of carboxylic acids is 1. The maximum atomic E-state index is 11.3. The highest BCUT2D eigenvalue weighted by Gasteiger charge is 2.23. The highest BCUT2D eigenvalue weighted by Crippen LogP contribution is 2.34. The van der Waals surface area contributed by atoms with E-state index in [4.69, 9.17) is 9.47 Å². The summed E-state index contributed by atoms with van der Waals surface area (Å²) >= 11 is 1.29. The van der Waals surface area contributed by atoms with Crippen LogP contribution in [0, 0.1) is 0 Å². The van der Waals surface area contributed by atoms with E-state index in [1.807, 2.05) is 19.9 Å². The molecule has 1 atom stereocenters. The van der Waals surface area contributed by atoms with Crippen molar-refractivity contribution < 1.29 is 19.4 Å². The number of ether oxygens (including phenoxy) is 2. The second-order valence-electron chi connectivity index (χ2n) is 5.50. The Morgan fingerprint density at radius 2 is 2.38 bits per heavy atom. The number of rotatable bonds is 6. The molecule has 1 aromatic rings. The lowest BCUT2D eigenvalue weighted by atomic mass is 10.2. The van der Waals surface area contributed by atoms with Crippen LogP contribution >= 0.6 is 11.3 Å². The molecule has 0 aromatic carbocycles. The lowest BCUT2D eigenvalue weighted by Gasteiger charge is -2.31. The molecule has 1 N–H and O–H groups in total. The minimum Gasteiger partial charge on any atom is -0.489 e. The lowest BCUT2D eigenvalue weighted by Crippen LogP contribution is -2.44. The zero-order chi connectivity index (χ0) is 15.4. The SMILES string of the molecule is CCN1CCOC(COc2cc(C(C)C)sc2C(=O)O)C1. The van der Waals surface area contributed by atoms with E-state index in [0.29, 0.717) is 24.9 Å². The normalized spacial score (nSPS) is 19.9. The molecule has 0 radical (unpaired) electrons. The van der Waals surface area contributed by atoms with E-state index >= 15 is 0 Å². The van der Waals surface area contributed by atoms with Gasteiger partial charge in [-0.3, -0.25) is 4.90 Å². The summed E-state index contributed by atoms with van der Waals surface area (Å²) in [7, 11) is 0. The van der Waals surface area contributed by atoms with Crippen LogP contribution in [0.15, 0.2) is 6.07 Å². The maximum Gasteiger partial charge on any atom is 0.349 e. The minimum atomic E-state index is -0.929. The number of carbonyl (C=O) groups is 1. The van der Waals surface area contributed by atoms with E-state index in [0.717, 1.165) is 24.5 Å². The molecule has 0 spiro atoms. The molecule has 0 bridgehead atoms. The van der Waals surface area contributed by atoms with Crippen LogP contribution in [0.4, 0.5) is 0 Å². The van der Waals surface area contributed by atoms with E-state index < -0.39 is 5.97 Å². The number of carboxylic acid groups (broad SMARTS) is 1. The summed E-state index contributed by atoms with van der Waals surface area (Å²) in [6, 6.07) is 1.85. The van der Waals surface area contributed by atoms with Crippen LogP contribution in [0.25, 0.3) is 0 Å². The molecule has 2 rings (SSSR count). The first-order chi connectivity index (χ1) is 10.0. The summed E-state index contributed by atoms with van der Waals surface area (Å²) in [5.41, 5.74) is 0. The van der Waals surface area contributed by atoms with E-state index in [2.05, 4.69) is 11.8 Å². The third-order valence-corrected chi connectivity index (χ3v) is 4.98. The molecule has 0 saturated carbocycles. The van der Waals surface area contributed by atoms with Crippen LogP contribution in [0.5, 0.6) is 5.75 Å². The van der Waals surface area contributed by atoms with Gasteiger partial charge < -0.3 is 14.6 Å². The number of nitrogens with zero attached hydrogens (tertiary/aromatic N) is 1. The van der Waals surface area contributed by atoms with E-state index in [1.54, 1.807) is 0 Å². The molecule has 1 unspecified atom stereocenters. The Bertz CT molecular complexity index is 486. The third kappa shape index (κ3) is 4.18. The molecule has 2 heterocycles. The van der Waals surface area contributed by atoms with Crippen LogP contribution in [-0.2, 0) is 4.74 Å². The fourth-order valence-corrected chi connectivity index (χ4v) is 3.23. The molecule has 1 saturated heterocycles. The maximum absolute atomic E-state index is 11.3. The second-order valence-corrected chi connectivity index (χ2v) is 6.58. The largest absolute Gasteiger partial charge is 0.489 e. The number of hydrogen-bond donors (Lipinski definition) is 1. The summed E-state index contributed by atoms with van der Waals surface area (Å²) in [5, 5.41) is 9.27. The van der Waals surface area contributed by atoms with Gasteiger partial charge in [-0.25, -0.2) is 4.79 Å². The lowest BCUT2D eigenvalue weighted by molar-refractivity contribution is -0.0464. The molecule has 0 amide bonds. The van der Waals surface area contributed by atoms with Crippen molar-refractivity contribution >= 4 is 17.3 Å². The Labute approximate surface area is 129 Å². The Balaban J connectivity index is 2.00. The highest BCUT2D eigenvalue weighted by atomic mass is 32.1. The van der Waals surface area contributed by atoms with Crippen LogP contribution in [-0.4, -0.2) is 54.9 Å². The van der Waals surface area contributed by atoms with Gasteiger partial charge in [-0.1, -0.05) is 20.8 Å². The van der Waals surface area contributed by atoms with Crippen LogP contribution < -0.4 is 4.74 Å². The predicted octanol–water partition coefficient (Wildman–Crippen LogP) is 2.67. The van der Waals surface area contributed by atoms with Crippen molar-refractivity contribution in [2.24, 2.45) is 0 Å². The van der Waals surface area contributed by atoms with Crippen molar-refractivity contribution in [3.63, 3.8) is 0 Å². The monoisotopic (exact) mass is 313 g/mol. The van der Waals surface area contributed by atoms with Crippen LogP contribution in [0.2, 0.25) is 0 Å². The summed E-state index contributed by atoms with van der Waals surface area (Å²) in [6.45, 7) is 10.1. The Morgan fingerprint density at radius 1 is 1.62 bits per heavy atom. The predicted molar refractivity (Wildman–Crippen MR) is 82.7 cm³/mol. The van der Waals surface area contributed by atoms with Crippen molar-refractivity contribution in [1.29, 1.82) is 0 Å². The second kappa shape index (κ2) is 7.24. The Hall–Kier alpha value is -1.11. The van der Waals surface area contributed by atoms with Gasteiger partial charge in [0, 0.05) is 18.0 Å². The molecule has 21 heavy (non-hydrogen) atoms. The van der Waals surface area contributed by atoms with Gasteiger partial charge in [0.15, 0.2) is 4.88 Å². The quantitative estimate of drug-likeness (QED) is 0.875. The molecule has 6 heteroatoms. The molecule has 5 nitrogen and oxygen atoms in total. The van der Waals surface area contributed by atoms with Gasteiger partial charge in [0.05, 0.1) is 6.61 Å². The first-order valence-electron chi connectivity index (χ1n) is 7.35. The number of likely N-dealkylation sites (N-methyl/N-ethyl adjacent to an activating group) is 1.